The molecule has 1 aliphatic rings. The van der Waals surface area contributed by atoms with Crippen molar-refractivity contribution in [3.05, 3.63) is 16.1 Å². The molecule has 1 aliphatic heterocycles. The maximum absolute atomic E-state index is 12.6. The highest BCUT2D eigenvalue weighted by atomic mass is 127. The Hall–Kier alpha value is -0.660. The van der Waals surface area contributed by atoms with Gasteiger partial charge in [0.05, 0.1) is 5.01 Å². The van der Waals surface area contributed by atoms with Crippen LogP contribution in [-0.2, 0) is 12.6 Å². The lowest BCUT2D eigenvalue weighted by Crippen LogP contribution is -2.46. The summed E-state index contributed by atoms with van der Waals surface area (Å²) in [6.45, 7) is 13.0. The lowest BCUT2D eigenvalue weighted by molar-refractivity contribution is -0.140. The highest BCUT2D eigenvalue weighted by Gasteiger charge is 2.33. The van der Waals surface area contributed by atoms with Crippen LogP contribution in [0.2, 0.25) is 0 Å². The summed E-state index contributed by atoms with van der Waals surface area (Å²) >= 11 is 1.04. The van der Waals surface area contributed by atoms with E-state index in [1.54, 1.807) is 0 Å². The number of nitrogens with zero attached hydrogens (tertiary/aromatic N) is 4. The van der Waals surface area contributed by atoms with Gasteiger partial charge in [0.25, 0.3) is 0 Å². The Bertz CT molecular complexity index is 618. The number of rotatable bonds is 10. The number of likely N-dealkylation sites (N-methyl/N-ethyl adjacent to an activating group) is 1. The van der Waals surface area contributed by atoms with Gasteiger partial charge in [-0.2, -0.15) is 13.2 Å². The molecule has 1 saturated heterocycles. The molecule has 6 nitrogen and oxygen atoms in total. The number of alkyl halides is 3. The van der Waals surface area contributed by atoms with Crippen LogP contribution in [0.4, 0.5) is 13.2 Å². The molecule has 0 aliphatic carbocycles. The summed E-state index contributed by atoms with van der Waals surface area (Å²) in [6, 6.07) is 0. The SMILES string of the molecule is CCNC(=NCCCCN1CCN(CC)CC1)NCCc1nc(C(F)(F)F)cs1.I. The van der Waals surface area contributed by atoms with Crippen molar-refractivity contribution in [2.24, 2.45) is 4.99 Å². The Balaban J connectivity index is 0.00000450. The van der Waals surface area contributed by atoms with Crippen molar-refractivity contribution < 1.29 is 13.2 Å². The van der Waals surface area contributed by atoms with Crippen LogP contribution in [0.3, 0.4) is 0 Å². The number of halogens is 4. The molecule has 0 spiro atoms. The van der Waals surface area contributed by atoms with E-state index in [9.17, 15) is 13.2 Å². The maximum atomic E-state index is 12.6. The minimum absolute atomic E-state index is 0. The molecule has 0 amide bonds. The summed E-state index contributed by atoms with van der Waals surface area (Å²) in [6.07, 6.45) is -1.79. The number of guanidine groups is 1. The van der Waals surface area contributed by atoms with Gasteiger partial charge >= 0.3 is 6.18 Å². The van der Waals surface area contributed by atoms with Gasteiger partial charge in [-0.25, -0.2) is 4.98 Å². The third-order valence-electron chi connectivity index (χ3n) is 4.88. The van der Waals surface area contributed by atoms with Gasteiger partial charge in [0.15, 0.2) is 11.7 Å². The molecule has 1 aromatic rings. The smallest absolute Gasteiger partial charge is 0.357 e. The van der Waals surface area contributed by atoms with Crippen LogP contribution in [-0.4, -0.2) is 79.6 Å². The zero-order valence-electron chi connectivity index (χ0n) is 17.8. The fourth-order valence-corrected chi connectivity index (χ4v) is 3.96. The lowest BCUT2D eigenvalue weighted by atomic mass is 10.2. The average Bonchev–Trinajstić information content (AvgIpc) is 3.17. The predicted molar refractivity (Wildman–Crippen MR) is 128 cm³/mol. The monoisotopic (exact) mass is 562 g/mol. The van der Waals surface area contributed by atoms with Crippen LogP contribution in [0.25, 0.3) is 0 Å². The number of piperazine rings is 1. The molecular formula is C19H34F3IN6S. The normalized spacial score (nSPS) is 16.4. The summed E-state index contributed by atoms with van der Waals surface area (Å²) in [5.74, 6) is 0.705. The molecule has 0 unspecified atom stereocenters. The number of thiazole rings is 1. The van der Waals surface area contributed by atoms with Gasteiger partial charge in [-0.1, -0.05) is 6.92 Å². The second-order valence-corrected chi connectivity index (χ2v) is 7.99. The van der Waals surface area contributed by atoms with E-state index in [1.165, 1.54) is 0 Å². The highest BCUT2D eigenvalue weighted by Crippen LogP contribution is 2.29. The van der Waals surface area contributed by atoms with Crippen molar-refractivity contribution >= 4 is 41.3 Å². The Morgan fingerprint density at radius 1 is 1.13 bits per heavy atom. The van der Waals surface area contributed by atoms with Gasteiger partial charge in [-0.15, -0.1) is 35.3 Å². The van der Waals surface area contributed by atoms with Crippen molar-refractivity contribution in [2.75, 3.05) is 58.9 Å². The van der Waals surface area contributed by atoms with Gasteiger partial charge in [-0.3, -0.25) is 4.99 Å². The third-order valence-corrected chi connectivity index (χ3v) is 5.79. The Morgan fingerprint density at radius 2 is 1.83 bits per heavy atom. The molecule has 2 N–H and O–H groups in total. The number of hydrogen-bond acceptors (Lipinski definition) is 5. The maximum Gasteiger partial charge on any atom is 0.434 e. The second kappa shape index (κ2) is 14.4. The molecule has 11 heteroatoms. The number of aliphatic imine (C=N–C) groups is 1. The van der Waals surface area contributed by atoms with E-state index in [0.29, 0.717) is 23.9 Å². The van der Waals surface area contributed by atoms with Crippen molar-refractivity contribution in [1.82, 2.24) is 25.4 Å². The number of hydrogen-bond donors (Lipinski definition) is 2. The first-order valence-corrected chi connectivity index (χ1v) is 11.3. The first-order chi connectivity index (χ1) is 13.9. The lowest BCUT2D eigenvalue weighted by Gasteiger charge is -2.33. The Kier molecular flexibility index (Phi) is 13.1. The fraction of sp³-hybridized carbons (Fsp3) is 0.789. The standard InChI is InChI=1S/C19H33F3N6S.HI/c1-3-23-18(25-9-7-17-26-16(15-29-17)19(20,21)22)24-8-5-6-10-28-13-11-27(4-2)12-14-28;/h15H,3-14H2,1-2H3,(H2,23,24,25);1H. The van der Waals surface area contributed by atoms with E-state index in [1.807, 2.05) is 6.92 Å². The quantitative estimate of drug-likeness (QED) is 0.199. The highest BCUT2D eigenvalue weighted by molar-refractivity contribution is 14.0. The topological polar surface area (TPSA) is 55.8 Å². The van der Waals surface area contributed by atoms with Crippen LogP contribution in [0.15, 0.2) is 10.4 Å². The van der Waals surface area contributed by atoms with Crippen molar-refractivity contribution in [1.29, 1.82) is 0 Å². The van der Waals surface area contributed by atoms with Gasteiger partial charge < -0.3 is 20.4 Å². The van der Waals surface area contributed by atoms with Crippen LogP contribution < -0.4 is 10.6 Å². The molecule has 0 bridgehead atoms. The summed E-state index contributed by atoms with van der Waals surface area (Å²) in [7, 11) is 0. The minimum Gasteiger partial charge on any atom is -0.357 e. The largest absolute Gasteiger partial charge is 0.434 e. The zero-order chi connectivity index (χ0) is 21.1. The van der Waals surface area contributed by atoms with Crippen molar-refractivity contribution in [3.8, 4) is 0 Å². The number of nitrogens with one attached hydrogen (secondary N) is 2. The average molecular weight is 562 g/mol. The van der Waals surface area contributed by atoms with Crippen LogP contribution in [0.5, 0.6) is 0 Å². The predicted octanol–water partition coefficient (Wildman–Crippen LogP) is 3.30. The molecule has 1 aromatic heterocycles. The molecule has 1 fully saturated rings. The molecule has 174 valence electrons. The van der Waals surface area contributed by atoms with E-state index in [-0.39, 0.29) is 24.0 Å². The summed E-state index contributed by atoms with van der Waals surface area (Å²) in [4.78, 5) is 13.2. The van der Waals surface area contributed by atoms with E-state index in [0.717, 1.165) is 81.9 Å². The number of aromatic nitrogens is 1. The molecule has 2 heterocycles. The van der Waals surface area contributed by atoms with Gasteiger partial charge in [0, 0.05) is 57.6 Å². The molecule has 2 rings (SSSR count). The van der Waals surface area contributed by atoms with E-state index < -0.39 is 11.9 Å². The van der Waals surface area contributed by atoms with E-state index >= 15 is 0 Å². The Labute approximate surface area is 198 Å². The Morgan fingerprint density at radius 3 is 2.43 bits per heavy atom. The first-order valence-electron chi connectivity index (χ1n) is 10.4. The van der Waals surface area contributed by atoms with E-state index in [4.69, 9.17) is 0 Å². The molecule has 0 radical (unpaired) electrons. The molecular weight excluding hydrogens is 528 g/mol. The fourth-order valence-electron chi connectivity index (χ4n) is 3.15. The molecule has 0 aromatic carbocycles. The van der Waals surface area contributed by atoms with Crippen molar-refractivity contribution in [3.63, 3.8) is 0 Å². The summed E-state index contributed by atoms with van der Waals surface area (Å²) < 4.78 is 37.8. The minimum atomic E-state index is -4.37. The first kappa shape index (κ1) is 27.4. The van der Waals surface area contributed by atoms with E-state index in [2.05, 4.69) is 37.3 Å². The molecule has 0 saturated carbocycles. The van der Waals surface area contributed by atoms with Crippen LogP contribution in [0.1, 0.15) is 37.4 Å². The van der Waals surface area contributed by atoms with Gasteiger partial charge in [-0.05, 0) is 32.9 Å². The van der Waals surface area contributed by atoms with Gasteiger partial charge in [0.2, 0.25) is 0 Å². The third kappa shape index (κ3) is 10.1. The molecule has 0 atom stereocenters. The molecule has 30 heavy (non-hydrogen) atoms. The van der Waals surface area contributed by atoms with Crippen molar-refractivity contribution in [2.45, 2.75) is 39.3 Å². The summed E-state index contributed by atoms with van der Waals surface area (Å²) in [5, 5.41) is 7.89. The summed E-state index contributed by atoms with van der Waals surface area (Å²) in [5.41, 5.74) is -0.811. The number of unbranched alkanes of at least 4 members (excludes halogenated alkanes) is 1. The second-order valence-electron chi connectivity index (χ2n) is 7.04. The van der Waals surface area contributed by atoms with Crippen LogP contribution >= 0.6 is 35.3 Å². The zero-order valence-corrected chi connectivity index (χ0v) is 20.9. The van der Waals surface area contributed by atoms with Gasteiger partial charge in [0.1, 0.15) is 0 Å². The van der Waals surface area contributed by atoms with Crippen LogP contribution in [0, 0.1) is 0 Å².